The number of hydrogen-bond donors (Lipinski definition) is 3. The van der Waals surface area contributed by atoms with E-state index in [-0.39, 0.29) is 44.4 Å². The van der Waals surface area contributed by atoms with Crippen LogP contribution in [0.2, 0.25) is 0 Å². The van der Waals surface area contributed by atoms with Crippen LogP contribution in [0.25, 0.3) is 10.4 Å². The summed E-state index contributed by atoms with van der Waals surface area (Å²) in [6.45, 7) is 9.58. The molecule has 2 aliphatic rings. The average molecular weight is 574 g/mol. The number of carbonyl (C=O) groups is 3. The first-order chi connectivity index (χ1) is 18.8. The van der Waals surface area contributed by atoms with Crippen molar-refractivity contribution in [3.63, 3.8) is 0 Å². The lowest BCUT2D eigenvalue weighted by Crippen LogP contribution is -2.60. The van der Waals surface area contributed by atoms with E-state index in [1.54, 1.807) is 39.0 Å². The van der Waals surface area contributed by atoms with Gasteiger partial charge in [-0.15, -0.1) is 11.3 Å². The molecule has 0 aliphatic carbocycles. The second kappa shape index (κ2) is 12.2. The van der Waals surface area contributed by atoms with Gasteiger partial charge in [-0.05, 0) is 52.2 Å². The first-order valence-electron chi connectivity index (χ1n) is 13.5. The SMILES string of the molecule is Cc1ncsc1-c1ccc(CNC(O)[C@@H]2C[C@@H](O)CN2C(=O)C(C)N2CCN(C(=O)OC(C)(C)C)CC2=O)cc1. The van der Waals surface area contributed by atoms with E-state index in [9.17, 15) is 24.6 Å². The maximum atomic E-state index is 13.5. The van der Waals surface area contributed by atoms with E-state index in [1.807, 2.05) is 36.7 Å². The number of thiazole rings is 1. The number of carbonyl (C=O) groups excluding carboxylic acids is 3. The average Bonchev–Trinajstić information content (AvgIpc) is 3.51. The fraction of sp³-hybridized carbons (Fsp3) is 0.571. The van der Waals surface area contributed by atoms with E-state index < -0.39 is 36.1 Å². The number of aryl methyl sites for hydroxylation is 1. The van der Waals surface area contributed by atoms with E-state index in [4.69, 9.17) is 4.74 Å². The van der Waals surface area contributed by atoms with Crippen LogP contribution in [-0.2, 0) is 20.9 Å². The van der Waals surface area contributed by atoms with Crippen molar-refractivity contribution in [2.75, 3.05) is 26.2 Å². The van der Waals surface area contributed by atoms with Crippen LogP contribution in [0.5, 0.6) is 0 Å². The number of likely N-dealkylation sites (tertiary alicyclic amines) is 1. The van der Waals surface area contributed by atoms with E-state index in [0.29, 0.717) is 6.54 Å². The molecule has 2 unspecified atom stereocenters. The Morgan fingerprint density at radius 3 is 2.52 bits per heavy atom. The second-order valence-corrected chi connectivity index (χ2v) is 12.3. The predicted molar refractivity (Wildman–Crippen MR) is 150 cm³/mol. The molecule has 2 aromatic rings. The van der Waals surface area contributed by atoms with Gasteiger partial charge in [0, 0.05) is 26.2 Å². The molecule has 1 aromatic carbocycles. The highest BCUT2D eigenvalue weighted by Crippen LogP contribution is 2.27. The fourth-order valence-corrected chi connectivity index (χ4v) is 5.87. The quantitative estimate of drug-likeness (QED) is 0.428. The number of β-amino-alcohol motifs (C(OH)–C–C–N with tert-alkyl or cyclic N) is 1. The zero-order valence-corrected chi connectivity index (χ0v) is 24.5. The molecule has 3 heterocycles. The molecule has 2 aliphatic heterocycles. The predicted octanol–water partition coefficient (Wildman–Crippen LogP) is 1.96. The molecule has 40 heavy (non-hydrogen) atoms. The Kier molecular flexibility index (Phi) is 9.13. The van der Waals surface area contributed by atoms with Gasteiger partial charge < -0.3 is 24.7 Å². The summed E-state index contributed by atoms with van der Waals surface area (Å²) >= 11 is 1.59. The molecule has 2 saturated heterocycles. The van der Waals surface area contributed by atoms with Gasteiger partial charge in [0.15, 0.2) is 0 Å². The Morgan fingerprint density at radius 2 is 1.93 bits per heavy atom. The van der Waals surface area contributed by atoms with Crippen LogP contribution in [0.4, 0.5) is 4.79 Å². The zero-order chi connectivity index (χ0) is 29.2. The molecule has 4 atom stereocenters. The molecule has 2 fully saturated rings. The van der Waals surface area contributed by atoms with Crippen molar-refractivity contribution in [1.82, 2.24) is 25.0 Å². The molecule has 3 N–H and O–H groups in total. The van der Waals surface area contributed by atoms with Gasteiger partial charge in [0.05, 0.1) is 28.2 Å². The highest BCUT2D eigenvalue weighted by molar-refractivity contribution is 7.13. The summed E-state index contributed by atoms with van der Waals surface area (Å²) in [5, 5.41) is 24.4. The summed E-state index contributed by atoms with van der Waals surface area (Å²) in [5.41, 5.74) is 4.17. The summed E-state index contributed by atoms with van der Waals surface area (Å²) in [5.74, 6) is -0.712. The van der Waals surface area contributed by atoms with Crippen molar-refractivity contribution in [3.8, 4) is 10.4 Å². The number of nitrogens with one attached hydrogen (secondary N) is 1. The minimum Gasteiger partial charge on any atom is -0.444 e. The lowest BCUT2D eigenvalue weighted by atomic mass is 10.1. The summed E-state index contributed by atoms with van der Waals surface area (Å²) in [7, 11) is 0. The number of piperazine rings is 1. The molecule has 12 heteroatoms. The molecule has 0 saturated carbocycles. The van der Waals surface area contributed by atoms with Crippen LogP contribution in [0, 0.1) is 6.92 Å². The summed E-state index contributed by atoms with van der Waals surface area (Å²) in [6.07, 6.45) is -2.20. The van der Waals surface area contributed by atoms with Gasteiger partial charge in [-0.1, -0.05) is 24.3 Å². The van der Waals surface area contributed by atoms with Gasteiger partial charge in [-0.3, -0.25) is 19.8 Å². The molecule has 1 aromatic heterocycles. The maximum Gasteiger partial charge on any atom is 0.410 e. The van der Waals surface area contributed by atoms with Gasteiger partial charge in [-0.25, -0.2) is 9.78 Å². The number of aliphatic hydroxyl groups excluding tert-OH is 2. The fourth-order valence-electron chi connectivity index (χ4n) is 5.06. The minimum atomic E-state index is -1.07. The van der Waals surface area contributed by atoms with E-state index in [0.717, 1.165) is 21.7 Å². The number of ether oxygens (including phenoxy) is 1. The number of amides is 3. The number of hydrogen-bond acceptors (Lipinski definition) is 9. The summed E-state index contributed by atoms with van der Waals surface area (Å²) in [4.78, 5) is 48.4. The van der Waals surface area contributed by atoms with Gasteiger partial charge in [-0.2, -0.15) is 0 Å². The van der Waals surface area contributed by atoms with Crippen molar-refractivity contribution >= 4 is 29.2 Å². The summed E-state index contributed by atoms with van der Waals surface area (Å²) < 4.78 is 5.36. The Bertz CT molecular complexity index is 1210. The van der Waals surface area contributed by atoms with Crippen molar-refractivity contribution in [3.05, 3.63) is 41.0 Å². The third-order valence-electron chi connectivity index (χ3n) is 7.18. The normalized spacial score (nSPS) is 21.5. The number of nitrogens with zero attached hydrogens (tertiary/aromatic N) is 4. The van der Waals surface area contributed by atoms with Crippen molar-refractivity contribution in [2.45, 2.75) is 77.6 Å². The van der Waals surface area contributed by atoms with Gasteiger partial charge in [0.25, 0.3) is 0 Å². The lowest BCUT2D eigenvalue weighted by Gasteiger charge is -2.39. The standard InChI is InChI=1S/C28H39N5O6S/c1-17-24(40-16-30-17)20-8-6-19(7-9-20)13-29-25(36)22-12-21(34)14-33(22)26(37)18(2)32-11-10-31(15-23(32)35)27(38)39-28(3,4)5/h6-9,16,18,21-22,25,29,34,36H,10-15H2,1-5H3/t18?,21-,22+,25?/m1/s1. The lowest BCUT2D eigenvalue weighted by molar-refractivity contribution is -0.150. The third-order valence-corrected chi connectivity index (χ3v) is 8.16. The second-order valence-electron chi connectivity index (χ2n) is 11.4. The number of rotatable bonds is 7. The van der Waals surface area contributed by atoms with Crippen molar-refractivity contribution in [2.24, 2.45) is 0 Å². The topological polar surface area (TPSA) is 136 Å². The van der Waals surface area contributed by atoms with Crippen molar-refractivity contribution in [1.29, 1.82) is 0 Å². The Labute approximate surface area is 238 Å². The molecule has 11 nitrogen and oxygen atoms in total. The van der Waals surface area contributed by atoms with Crippen LogP contribution in [0.15, 0.2) is 29.8 Å². The molecule has 4 rings (SSSR count). The zero-order valence-electron chi connectivity index (χ0n) is 23.7. The van der Waals surface area contributed by atoms with Crippen LogP contribution in [-0.4, -0.2) is 104 Å². The molecule has 0 radical (unpaired) electrons. The Hall–Kier alpha value is -3.06. The van der Waals surface area contributed by atoms with E-state index >= 15 is 0 Å². The Morgan fingerprint density at radius 1 is 1.23 bits per heavy atom. The van der Waals surface area contributed by atoms with E-state index in [1.165, 1.54) is 14.7 Å². The minimum absolute atomic E-state index is 0.0710. The smallest absolute Gasteiger partial charge is 0.410 e. The largest absolute Gasteiger partial charge is 0.444 e. The van der Waals surface area contributed by atoms with Crippen LogP contribution in [0.3, 0.4) is 0 Å². The number of aromatic nitrogens is 1. The van der Waals surface area contributed by atoms with Gasteiger partial charge in [0.1, 0.15) is 24.4 Å². The van der Waals surface area contributed by atoms with Crippen LogP contribution >= 0.6 is 11.3 Å². The highest BCUT2D eigenvalue weighted by Gasteiger charge is 2.43. The van der Waals surface area contributed by atoms with Gasteiger partial charge in [0.2, 0.25) is 11.8 Å². The molecular weight excluding hydrogens is 534 g/mol. The maximum absolute atomic E-state index is 13.5. The Balaban J connectivity index is 1.34. The molecule has 218 valence electrons. The van der Waals surface area contributed by atoms with Crippen LogP contribution < -0.4 is 5.32 Å². The molecule has 0 bridgehead atoms. The first kappa shape index (κ1) is 29.9. The highest BCUT2D eigenvalue weighted by atomic mass is 32.1. The summed E-state index contributed by atoms with van der Waals surface area (Å²) in [6, 6.07) is 6.52. The van der Waals surface area contributed by atoms with E-state index in [2.05, 4.69) is 10.3 Å². The van der Waals surface area contributed by atoms with Gasteiger partial charge >= 0.3 is 6.09 Å². The van der Waals surface area contributed by atoms with Crippen LogP contribution in [0.1, 0.15) is 45.4 Å². The molecule has 0 spiro atoms. The number of benzene rings is 1. The number of aliphatic hydroxyl groups is 2. The molecular formula is C28H39N5O6S. The molecule has 3 amide bonds. The first-order valence-corrected chi connectivity index (χ1v) is 14.4. The monoisotopic (exact) mass is 573 g/mol. The van der Waals surface area contributed by atoms with Crippen molar-refractivity contribution < 1.29 is 29.3 Å². The third kappa shape index (κ3) is 6.98.